The van der Waals surface area contributed by atoms with Crippen molar-refractivity contribution in [1.82, 2.24) is 0 Å². The number of rotatable bonds is 7. The van der Waals surface area contributed by atoms with E-state index >= 15 is 0 Å². The molecule has 31 heavy (non-hydrogen) atoms. The summed E-state index contributed by atoms with van der Waals surface area (Å²) in [6.45, 7) is 12.0. The van der Waals surface area contributed by atoms with Gasteiger partial charge in [0.1, 0.15) is 18.2 Å². The third-order valence-electron chi connectivity index (χ3n) is 5.10. The minimum atomic E-state index is -2.58. The Hall–Kier alpha value is -1.84. The van der Waals surface area contributed by atoms with Gasteiger partial charge in [-0.25, -0.2) is 4.39 Å². The average Bonchev–Trinajstić information content (AvgIpc) is 2.95. The van der Waals surface area contributed by atoms with Gasteiger partial charge >= 0.3 is 12.9 Å². The van der Waals surface area contributed by atoms with Gasteiger partial charge in [0.25, 0.3) is 0 Å². The molecule has 1 heterocycles. The van der Waals surface area contributed by atoms with E-state index in [0.717, 1.165) is 5.56 Å². The first-order chi connectivity index (χ1) is 14.6. The molecule has 3 rings (SSSR count). The zero-order chi connectivity index (χ0) is 23.2. The number of nitrogens with one attached hydrogen (secondary N) is 1. The highest BCUT2D eigenvalue weighted by Gasteiger charge is 2.51. The van der Waals surface area contributed by atoms with Crippen LogP contribution in [-0.4, -0.2) is 24.1 Å². The van der Waals surface area contributed by atoms with Crippen molar-refractivity contribution in [3.8, 4) is 5.75 Å². The first-order valence-electron chi connectivity index (χ1n) is 10.1. The predicted octanol–water partition coefficient (Wildman–Crippen LogP) is 6.01. The van der Waals surface area contributed by atoms with Gasteiger partial charge in [0.2, 0.25) is 0 Å². The van der Waals surface area contributed by atoms with Crippen molar-refractivity contribution in [1.29, 1.82) is 0 Å². The van der Waals surface area contributed by atoms with E-state index in [1.165, 1.54) is 12.1 Å². The second kappa shape index (κ2) is 10.7. The molecular formula is C22H29BF3NO3S. The van der Waals surface area contributed by atoms with E-state index in [4.69, 9.17) is 14.0 Å². The fourth-order valence-corrected chi connectivity index (χ4v) is 3.10. The van der Waals surface area contributed by atoms with Crippen molar-refractivity contribution in [3.63, 3.8) is 0 Å². The van der Waals surface area contributed by atoms with E-state index in [0.29, 0.717) is 16.9 Å². The zero-order valence-corrected chi connectivity index (χ0v) is 19.5. The lowest BCUT2D eigenvalue weighted by molar-refractivity contribution is 0.00578. The summed E-state index contributed by atoms with van der Waals surface area (Å²) < 4.78 is 58.9. The minimum Gasteiger partial charge on any atom is -0.487 e. The predicted molar refractivity (Wildman–Crippen MR) is 121 cm³/mol. The highest BCUT2D eigenvalue weighted by molar-refractivity contribution is 8.00. The molecule has 4 nitrogen and oxygen atoms in total. The van der Waals surface area contributed by atoms with Crippen LogP contribution in [0, 0.1) is 5.82 Å². The van der Waals surface area contributed by atoms with E-state index < -0.39 is 24.1 Å². The van der Waals surface area contributed by atoms with Crippen LogP contribution < -0.4 is 14.9 Å². The van der Waals surface area contributed by atoms with E-state index in [-0.39, 0.29) is 24.4 Å². The molecule has 170 valence electrons. The second-order valence-corrected chi connectivity index (χ2v) is 8.54. The topological polar surface area (TPSA) is 39.7 Å². The van der Waals surface area contributed by atoms with Crippen molar-refractivity contribution in [2.45, 2.75) is 65.1 Å². The molecule has 0 saturated carbocycles. The summed E-state index contributed by atoms with van der Waals surface area (Å²) in [5.41, 5.74) is 0.854. The van der Waals surface area contributed by atoms with Crippen LogP contribution in [0.3, 0.4) is 0 Å². The van der Waals surface area contributed by atoms with Crippen molar-refractivity contribution >= 4 is 30.2 Å². The summed E-state index contributed by atoms with van der Waals surface area (Å²) in [4.78, 5) is 0. The smallest absolute Gasteiger partial charge is 0.487 e. The van der Waals surface area contributed by atoms with E-state index in [2.05, 4.69) is 4.72 Å². The summed E-state index contributed by atoms with van der Waals surface area (Å²) >= 11 is 0.284. The molecule has 0 bridgehead atoms. The summed E-state index contributed by atoms with van der Waals surface area (Å²) in [5, 5.41) is 0. The normalized spacial score (nSPS) is 16.6. The molecule has 2 aromatic carbocycles. The van der Waals surface area contributed by atoms with Gasteiger partial charge in [-0.2, -0.15) is 8.78 Å². The standard InChI is InChI=1S/C20H23BF3NO3S.C2H6/c1-19(2)20(3,4)28-21(27-19)14-7-10-16(25-29-18(23)24)17(11-14)26-12-13-5-8-15(22)9-6-13;1-2/h5-11,18,25H,12H2,1-4H3;1-2H3. The van der Waals surface area contributed by atoms with Crippen LogP contribution in [0.4, 0.5) is 18.9 Å². The number of benzene rings is 2. The molecule has 9 heteroatoms. The lowest BCUT2D eigenvalue weighted by Gasteiger charge is -2.32. The Kier molecular flexibility index (Phi) is 8.74. The molecule has 0 aliphatic carbocycles. The van der Waals surface area contributed by atoms with Crippen molar-refractivity contribution < 1.29 is 27.2 Å². The Balaban J connectivity index is 0.00000166. The molecule has 0 spiro atoms. The molecule has 1 N–H and O–H groups in total. The number of hydrogen-bond donors (Lipinski definition) is 1. The van der Waals surface area contributed by atoms with Gasteiger partial charge in [0.15, 0.2) is 0 Å². The average molecular weight is 455 g/mol. The highest BCUT2D eigenvalue weighted by atomic mass is 32.2. The second-order valence-electron chi connectivity index (χ2n) is 7.74. The lowest BCUT2D eigenvalue weighted by Crippen LogP contribution is -2.41. The minimum absolute atomic E-state index is 0.154. The Morgan fingerprint density at radius 3 is 2.13 bits per heavy atom. The van der Waals surface area contributed by atoms with Crippen molar-refractivity contribution in [3.05, 3.63) is 53.8 Å². The molecule has 0 aromatic heterocycles. The van der Waals surface area contributed by atoms with E-state index in [1.807, 2.05) is 41.5 Å². The van der Waals surface area contributed by atoms with Gasteiger partial charge in [-0.15, -0.1) is 0 Å². The molecule has 1 aliphatic heterocycles. The largest absolute Gasteiger partial charge is 0.494 e. The Labute approximate surface area is 187 Å². The first kappa shape index (κ1) is 25.4. The highest BCUT2D eigenvalue weighted by Crippen LogP contribution is 2.37. The molecule has 1 saturated heterocycles. The van der Waals surface area contributed by atoms with Crippen LogP contribution in [0.5, 0.6) is 5.75 Å². The molecule has 1 fully saturated rings. The van der Waals surface area contributed by atoms with Crippen molar-refractivity contribution in [2.75, 3.05) is 4.72 Å². The monoisotopic (exact) mass is 455 g/mol. The molecule has 1 aliphatic rings. The molecule has 0 unspecified atom stereocenters. The summed E-state index contributed by atoms with van der Waals surface area (Å²) in [7, 11) is -0.607. The van der Waals surface area contributed by atoms with Crippen LogP contribution in [-0.2, 0) is 15.9 Å². The van der Waals surface area contributed by atoms with Crippen LogP contribution >= 0.6 is 11.9 Å². The lowest BCUT2D eigenvalue weighted by atomic mass is 9.79. The van der Waals surface area contributed by atoms with Gasteiger partial charge < -0.3 is 18.8 Å². The molecular weight excluding hydrogens is 426 g/mol. The van der Waals surface area contributed by atoms with Crippen LogP contribution in [0.15, 0.2) is 42.5 Å². The van der Waals surface area contributed by atoms with Crippen molar-refractivity contribution in [2.24, 2.45) is 0 Å². The first-order valence-corrected chi connectivity index (χ1v) is 11.0. The summed E-state index contributed by atoms with van der Waals surface area (Å²) in [6, 6.07) is 11.0. The van der Waals surface area contributed by atoms with Gasteiger partial charge in [-0.05, 0) is 63.0 Å². The Bertz CT molecular complexity index is 834. The van der Waals surface area contributed by atoms with Crippen LogP contribution in [0.1, 0.15) is 47.1 Å². The van der Waals surface area contributed by atoms with Crippen LogP contribution in [0.2, 0.25) is 0 Å². The third kappa shape index (κ3) is 6.57. The van der Waals surface area contributed by atoms with Gasteiger partial charge in [-0.3, -0.25) is 0 Å². The molecule has 0 amide bonds. The Morgan fingerprint density at radius 2 is 1.58 bits per heavy atom. The van der Waals surface area contributed by atoms with Gasteiger partial charge in [-0.1, -0.05) is 32.0 Å². The number of alkyl halides is 2. The fraction of sp³-hybridized carbons (Fsp3) is 0.455. The zero-order valence-electron chi connectivity index (χ0n) is 18.7. The van der Waals surface area contributed by atoms with Crippen LogP contribution in [0.25, 0.3) is 0 Å². The summed E-state index contributed by atoms with van der Waals surface area (Å²) in [6.07, 6.45) is 0. The molecule has 0 atom stereocenters. The number of hydrogen-bond acceptors (Lipinski definition) is 5. The maximum Gasteiger partial charge on any atom is 0.494 e. The number of halogens is 3. The molecule has 0 radical (unpaired) electrons. The number of ether oxygens (including phenoxy) is 1. The maximum absolute atomic E-state index is 13.1. The fourth-order valence-electron chi connectivity index (χ4n) is 2.72. The van der Waals surface area contributed by atoms with E-state index in [1.54, 1.807) is 30.3 Å². The maximum atomic E-state index is 13.1. The van der Waals surface area contributed by atoms with Gasteiger partial charge in [0, 0.05) is 11.9 Å². The SMILES string of the molecule is CC.CC1(C)OB(c2ccc(NSC(F)F)c(OCc3ccc(F)cc3)c2)OC1(C)C. The van der Waals surface area contributed by atoms with Gasteiger partial charge in [0.05, 0.1) is 16.9 Å². The quantitative estimate of drug-likeness (QED) is 0.409. The van der Waals surface area contributed by atoms with E-state index in [9.17, 15) is 13.2 Å². The number of anilines is 1. The third-order valence-corrected chi connectivity index (χ3v) is 5.61. The molecule has 2 aromatic rings. The Morgan fingerprint density at radius 1 is 1.00 bits per heavy atom. The summed E-state index contributed by atoms with van der Waals surface area (Å²) in [5.74, 6) is -2.55.